The van der Waals surface area contributed by atoms with E-state index in [1.807, 2.05) is 37.4 Å². The van der Waals surface area contributed by atoms with Gasteiger partial charge >= 0.3 is 5.69 Å². The summed E-state index contributed by atoms with van der Waals surface area (Å²) >= 11 is 0. The SMILES string of the molecule is CCc1cc(-c2n[nH]c(=O)n2-c2cccc3c2ccn3C(C)C)ccc1O. The van der Waals surface area contributed by atoms with Crippen molar-refractivity contribution in [2.75, 3.05) is 0 Å². The van der Waals surface area contributed by atoms with Crippen LogP contribution in [-0.4, -0.2) is 24.4 Å². The molecule has 0 bridgehead atoms. The molecule has 6 nitrogen and oxygen atoms in total. The molecule has 0 amide bonds. The van der Waals surface area contributed by atoms with Crippen molar-refractivity contribution in [2.24, 2.45) is 0 Å². The van der Waals surface area contributed by atoms with Gasteiger partial charge in [-0.2, -0.15) is 5.10 Å². The fourth-order valence-corrected chi connectivity index (χ4v) is 3.54. The van der Waals surface area contributed by atoms with Gasteiger partial charge in [0.05, 0.1) is 11.2 Å². The van der Waals surface area contributed by atoms with Crippen LogP contribution < -0.4 is 5.69 Å². The number of benzene rings is 2. The first-order valence-electron chi connectivity index (χ1n) is 9.11. The van der Waals surface area contributed by atoms with E-state index in [-0.39, 0.29) is 11.4 Å². The van der Waals surface area contributed by atoms with Gasteiger partial charge in [0.1, 0.15) is 5.75 Å². The van der Waals surface area contributed by atoms with Gasteiger partial charge in [0.25, 0.3) is 0 Å². The second-order valence-electron chi connectivity index (χ2n) is 6.91. The number of fused-ring (bicyclic) bond motifs is 1. The summed E-state index contributed by atoms with van der Waals surface area (Å²) in [6, 6.07) is 13.6. The summed E-state index contributed by atoms with van der Waals surface area (Å²) in [4.78, 5) is 12.6. The van der Waals surface area contributed by atoms with Crippen molar-refractivity contribution in [1.29, 1.82) is 0 Å². The molecule has 0 unspecified atom stereocenters. The largest absolute Gasteiger partial charge is 0.508 e. The highest BCUT2D eigenvalue weighted by Gasteiger charge is 2.17. The molecule has 4 rings (SSSR count). The second kappa shape index (κ2) is 6.46. The number of aromatic amines is 1. The van der Waals surface area contributed by atoms with E-state index in [0.717, 1.165) is 27.7 Å². The second-order valence-corrected chi connectivity index (χ2v) is 6.91. The quantitative estimate of drug-likeness (QED) is 0.575. The molecule has 2 heterocycles. The van der Waals surface area contributed by atoms with Gasteiger partial charge < -0.3 is 9.67 Å². The molecule has 2 N–H and O–H groups in total. The van der Waals surface area contributed by atoms with Crippen LogP contribution in [0.25, 0.3) is 28.0 Å². The zero-order valence-corrected chi connectivity index (χ0v) is 15.6. The molecule has 138 valence electrons. The molecule has 0 saturated heterocycles. The minimum absolute atomic E-state index is 0.252. The van der Waals surface area contributed by atoms with Gasteiger partial charge in [-0.1, -0.05) is 13.0 Å². The Morgan fingerprint density at radius 2 is 2.00 bits per heavy atom. The minimum atomic E-state index is -0.291. The monoisotopic (exact) mass is 362 g/mol. The van der Waals surface area contributed by atoms with Crippen LogP contribution in [-0.2, 0) is 6.42 Å². The van der Waals surface area contributed by atoms with Crippen molar-refractivity contribution in [1.82, 2.24) is 19.3 Å². The van der Waals surface area contributed by atoms with E-state index >= 15 is 0 Å². The van der Waals surface area contributed by atoms with Gasteiger partial charge in [-0.15, -0.1) is 0 Å². The lowest BCUT2D eigenvalue weighted by Gasteiger charge is -2.12. The predicted molar refractivity (Wildman–Crippen MR) is 107 cm³/mol. The smallest absolute Gasteiger partial charge is 0.348 e. The lowest BCUT2D eigenvalue weighted by molar-refractivity contribution is 0.469. The molecule has 0 radical (unpaired) electrons. The average molecular weight is 362 g/mol. The number of nitrogens with one attached hydrogen (secondary N) is 1. The number of nitrogens with zero attached hydrogens (tertiary/aromatic N) is 3. The van der Waals surface area contributed by atoms with Crippen molar-refractivity contribution in [3.63, 3.8) is 0 Å². The summed E-state index contributed by atoms with van der Waals surface area (Å²) < 4.78 is 3.78. The maximum Gasteiger partial charge on any atom is 0.348 e. The Kier molecular flexibility index (Phi) is 4.11. The Morgan fingerprint density at radius 1 is 1.19 bits per heavy atom. The number of aromatic nitrogens is 4. The van der Waals surface area contributed by atoms with E-state index in [2.05, 4.69) is 34.7 Å². The summed E-state index contributed by atoms with van der Waals surface area (Å²) in [7, 11) is 0. The van der Waals surface area contributed by atoms with E-state index in [1.165, 1.54) is 0 Å². The van der Waals surface area contributed by atoms with Crippen LogP contribution in [0.3, 0.4) is 0 Å². The molecule has 0 spiro atoms. The summed E-state index contributed by atoms with van der Waals surface area (Å²) in [5.74, 6) is 0.779. The molecular formula is C21H22N4O2. The molecule has 0 fully saturated rings. The molecule has 0 aliphatic carbocycles. The van der Waals surface area contributed by atoms with Crippen LogP contribution in [0.4, 0.5) is 0 Å². The van der Waals surface area contributed by atoms with Gasteiger partial charge in [0.2, 0.25) is 0 Å². The number of phenolic OH excluding ortho intramolecular Hbond substituents is 1. The van der Waals surface area contributed by atoms with Gasteiger partial charge in [0.15, 0.2) is 5.82 Å². The zero-order chi connectivity index (χ0) is 19.1. The van der Waals surface area contributed by atoms with E-state index in [9.17, 15) is 9.90 Å². The Bertz CT molecular complexity index is 1180. The Labute approximate surface area is 156 Å². The number of hydrogen-bond donors (Lipinski definition) is 2. The third-order valence-corrected chi connectivity index (χ3v) is 4.93. The summed E-state index contributed by atoms with van der Waals surface area (Å²) in [5, 5.41) is 17.8. The molecule has 6 heteroatoms. The van der Waals surface area contributed by atoms with Crippen LogP contribution in [0.2, 0.25) is 0 Å². The highest BCUT2D eigenvalue weighted by molar-refractivity contribution is 5.89. The fourth-order valence-electron chi connectivity index (χ4n) is 3.54. The zero-order valence-electron chi connectivity index (χ0n) is 15.6. The summed E-state index contributed by atoms with van der Waals surface area (Å²) in [5.41, 5.74) is 3.16. The van der Waals surface area contributed by atoms with E-state index < -0.39 is 0 Å². The third-order valence-electron chi connectivity index (χ3n) is 4.93. The predicted octanol–water partition coefficient (Wildman–Crippen LogP) is 4.03. The lowest BCUT2D eigenvalue weighted by atomic mass is 10.1. The third kappa shape index (κ3) is 2.73. The Hall–Kier alpha value is -3.28. The van der Waals surface area contributed by atoms with Crippen LogP contribution >= 0.6 is 0 Å². The number of rotatable bonds is 4. The number of hydrogen-bond acceptors (Lipinski definition) is 3. The highest BCUT2D eigenvalue weighted by atomic mass is 16.3. The molecular weight excluding hydrogens is 340 g/mol. The van der Waals surface area contributed by atoms with Gasteiger partial charge in [-0.3, -0.25) is 0 Å². The van der Waals surface area contributed by atoms with Crippen LogP contribution in [0, 0.1) is 0 Å². The van der Waals surface area contributed by atoms with E-state index in [1.54, 1.807) is 16.7 Å². The van der Waals surface area contributed by atoms with Crippen LogP contribution in [0.1, 0.15) is 32.4 Å². The molecule has 27 heavy (non-hydrogen) atoms. The molecule has 0 saturated carbocycles. The number of H-pyrrole nitrogens is 1. The highest BCUT2D eigenvalue weighted by Crippen LogP contribution is 2.29. The maximum absolute atomic E-state index is 12.6. The first-order chi connectivity index (χ1) is 13.0. The van der Waals surface area contributed by atoms with E-state index in [0.29, 0.717) is 18.3 Å². The average Bonchev–Trinajstić information content (AvgIpc) is 3.26. The molecule has 0 aliphatic heterocycles. The molecule has 2 aromatic heterocycles. The van der Waals surface area contributed by atoms with Crippen molar-refractivity contribution < 1.29 is 5.11 Å². The maximum atomic E-state index is 12.6. The van der Waals surface area contributed by atoms with Crippen molar-refractivity contribution in [2.45, 2.75) is 33.2 Å². The van der Waals surface area contributed by atoms with Crippen LogP contribution in [0.15, 0.2) is 53.5 Å². The van der Waals surface area contributed by atoms with Gasteiger partial charge in [-0.25, -0.2) is 14.5 Å². The van der Waals surface area contributed by atoms with Gasteiger partial charge in [-0.05, 0) is 62.2 Å². The standard InChI is InChI=1S/C21H22N4O2/c1-4-14-12-15(8-9-19(14)26)20-22-23-21(27)25(20)18-7-5-6-17-16(18)10-11-24(17)13(2)3/h5-13,26H,4H2,1-3H3,(H,23,27). The first kappa shape index (κ1) is 17.1. The molecule has 0 aliphatic rings. The number of aryl methyl sites for hydroxylation is 1. The Morgan fingerprint density at radius 3 is 2.74 bits per heavy atom. The lowest BCUT2D eigenvalue weighted by Crippen LogP contribution is -2.16. The number of aromatic hydroxyl groups is 1. The minimum Gasteiger partial charge on any atom is -0.508 e. The topological polar surface area (TPSA) is 75.8 Å². The summed E-state index contributed by atoms with van der Waals surface area (Å²) in [6.45, 7) is 6.24. The molecule has 2 aromatic carbocycles. The summed E-state index contributed by atoms with van der Waals surface area (Å²) in [6.07, 6.45) is 2.74. The Balaban J connectivity index is 1.96. The van der Waals surface area contributed by atoms with Crippen molar-refractivity contribution >= 4 is 10.9 Å². The van der Waals surface area contributed by atoms with Crippen molar-refractivity contribution in [3.8, 4) is 22.8 Å². The molecule has 4 aromatic rings. The van der Waals surface area contributed by atoms with Gasteiger partial charge in [0, 0.05) is 23.2 Å². The number of phenols is 1. The van der Waals surface area contributed by atoms with Crippen molar-refractivity contribution in [3.05, 3.63) is 64.7 Å². The first-order valence-corrected chi connectivity index (χ1v) is 9.11. The normalized spacial score (nSPS) is 11.6. The fraction of sp³-hybridized carbons (Fsp3) is 0.238. The molecule has 0 atom stereocenters. The van der Waals surface area contributed by atoms with Crippen LogP contribution in [0.5, 0.6) is 5.75 Å². The van der Waals surface area contributed by atoms with E-state index in [4.69, 9.17) is 0 Å².